The van der Waals surface area contributed by atoms with Crippen LogP contribution < -0.4 is 15.6 Å². The highest BCUT2D eigenvalue weighted by atomic mass is 16.5. The summed E-state index contributed by atoms with van der Waals surface area (Å²) in [5.41, 5.74) is 4.86. The Morgan fingerprint density at radius 2 is 1.44 bits per heavy atom. The third kappa shape index (κ3) is 4.27. The molecule has 0 aliphatic rings. The number of hydrogen-bond acceptors (Lipinski definition) is 3. The van der Waals surface area contributed by atoms with Crippen LogP contribution in [-0.2, 0) is 13.6 Å². The van der Waals surface area contributed by atoms with Gasteiger partial charge in [0.2, 0.25) is 0 Å². The van der Waals surface area contributed by atoms with E-state index in [2.05, 4.69) is 5.32 Å². The normalized spacial score (nSPS) is 10.8. The minimum absolute atomic E-state index is 0.124. The molecular formula is C31H26N2O3. The van der Waals surface area contributed by atoms with Crippen LogP contribution in [0.4, 0.5) is 0 Å². The first kappa shape index (κ1) is 23.1. The Morgan fingerprint density at radius 1 is 0.806 bits per heavy atom. The molecule has 5 heteroatoms. The van der Waals surface area contributed by atoms with Crippen LogP contribution in [-0.4, -0.2) is 17.6 Å². The summed E-state index contributed by atoms with van der Waals surface area (Å²) in [5, 5.41) is 4.46. The van der Waals surface area contributed by atoms with E-state index in [1.165, 1.54) is 0 Å². The number of carbonyl (C=O) groups is 1. The highest BCUT2D eigenvalue weighted by Gasteiger charge is 2.19. The molecule has 0 bridgehead atoms. The molecular weight excluding hydrogens is 448 g/mol. The van der Waals surface area contributed by atoms with Gasteiger partial charge in [-0.1, -0.05) is 78.9 Å². The molecule has 0 aliphatic carbocycles. The third-order valence-corrected chi connectivity index (χ3v) is 6.46. The Bertz CT molecular complexity index is 1610. The lowest BCUT2D eigenvalue weighted by Crippen LogP contribution is -2.29. The molecule has 1 amide bonds. The van der Waals surface area contributed by atoms with Crippen molar-refractivity contribution in [2.24, 2.45) is 7.05 Å². The van der Waals surface area contributed by atoms with Gasteiger partial charge in [0.25, 0.3) is 11.5 Å². The maximum Gasteiger partial charge on any atom is 0.258 e. The van der Waals surface area contributed by atoms with E-state index in [-0.39, 0.29) is 18.0 Å². The molecule has 5 aromatic rings. The van der Waals surface area contributed by atoms with Crippen molar-refractivity contribution in [3.05, 3.63) is 125 Å². The van der Waals surface area contributed by atoms with Gasteiger partial charge in [0.1, 0.15) is 5.75 Å². The maximum absolute atomic E-state index is 13.4. The van der Waals surface area contributed by atoms with Crippen molar-refractivity contribution >= 4 is 16.7 Å². The molecule has 0 saturated heterocycles. The number of ether oxygens (including phenoxy) is 1. The third-order valence-electron chi connectivity index (χ3n) is 6.46. The lowest BCUT2D eigenvalue weighted by atomic mass is 9.96. The Morgan fingerprint density at radius 3 is 2.14 bits per heavy atom. The second-order valence-electron chi connectivity index (χ2n) is 8.56. The molecule has 1 heterocycles. The van der Waals surface area contributed by atoms with Gasteiger partial charge < -0.3 is 14.6 Å². The Kier molecular flexibility index (Phi) is 6.37. The second-order valence-corrected chi connectivity index (χ2v) is 8.56. The molecule has 0 spiro atoms. The lowest BCUT2D eigenvalue weighted by molar-refractivity contribution is 0.0951. The summed E-state index contributed by atoms with van der Waals surface area (Å²) in [4.78, 5) is 26.7. The molecule has 5 nitrogen and oxygen atoms in total. The highest BCUT2D eigenvalue weighted by Crippen LogP contribution is 2.33. The number of fused-ring (bicyclic) bond motifs is 1. The predicted molar refractivity (Wildman–Crippen MR) is 144 cm³/mol. The molecule has 0 fully saturated rings. The summed E-state index contributed by atoms with van der Waals surface area (Å²) in [6.07, 6.45) is 0. The van der Waals surface area contributed by atoms with Gasteiger partial charge in [0.15, 0.2) is 0 Å². The Balaban J connectivity index is 1.60. The van der Waals surface area contributed by atoms with E-state index in [9.17, 15) is 9.59 Å². The fraction of sp³-hybridized carbons (Fsp3) is 0.0968. The van der Waals surface area contributed by atoms with E-state index < -0.39 is 0 Å². The SMILES string of the molecule is COc1ccc2c(=O)n(C)c(CNC(=O)c3ccccc3-c3ccccc3)c(-c3ccccc3)c2c1. The average molecular weight is 475 g/mol. The first-order valence-electron chi connectivity index (χ1n) is 11.8. The van der Waals surface area contributed by atoms with Gasteiger partial charge in [-0.2, -0.15) is 0 Å². The largest absolute Gasteiger partial charge is 0.497 e. The summed E-state index contributed by atoms with van der Waals surface area (Å²) in [6.45, 7) is 0.186. The standard InChI is InChI=1S/C31H26N2O3/c1-33-28(20-32-30(34)25-16-10-9-15-24(25)21-11-5-3-6-12-21)29(22-13-7-4-8-14-22)27-19-23(36-2)17-18-26(27)31(33)35/h3-19H,20H2,1-2H3,(H,32,34). The molecule has 36 heavy (non-hydrogen) atoms. The van der Waals surface area contributed by atoms with Crippen molar-refractivity contribution < 1.29 is 9.53 Å². The van der Waals surface area contributed by atoms with E-state index in [4.69, 9.17) is 4.74 Å². The number of aromatic nitrogens is 1. The quantitative estimate of drug-likeness (QED) is 0.338. The van der Waals surface area contributed by atoms with Crippen molar-refractivity contribution in [2.45, 2.75) is 6.54 Å². The van der Waals surface area contributed by atoms with Crippen molar-refractivity contribution in [3.63, 3.8) is 0 Å². The smallest absolute Gasteiger partial charge is 0.258 e. The van der Waals surface area contributed by atoms with Crippen LogP contribution in [0, 0.1) is 0 Å². The predicted octanol–water partition coefficient (Wildman–Crippen LogP) is 5.81. The number of nitrogens with zero attached hydrogens (tertiary/aromatic N) is 1. The maximum atomic E-state index is 13.4. The van der Waals surface area contributed by atoms with E-state index in [1.807, 2.05) is 91.0 Å². The fourth-order valence-corrected chi connectivity index (χ4v) is 4.61. The van der Waals surface area contributed by atoms with Gasteiger partial charge in [-0.3, -0.25) is 9.59 Å². The number of methoxy groups -OCH3 is 1. The van der Waals surface area contributed by atoms with Crippen LogP contribution in [0.5, 0.6) is 5.75 Å². The number of nitrogens with one attached hydrogen (secondary N) is 1. The molecule has 4 aromatic carbocycles. The molecule has 1 aromatic heterocycles. The first-order valence-corrected chi connectivity index (χ1v) is 11.8. The van der Waals surface area contributed by atoms with Crippen LogP contribution in [0.15, 0.2) is 108 Å². The molecule has 0 unspecified atom stereocenters. The summed E-state index contributed by atoms with van der Waals surface area (Å²) in [7, 11) is 3.35. The zero-order valence-electron chi connectivity index (χ0n) is 20.2. The van der Waals surface area contributed by atoms with Crippen LogP contribution >= 0.6 is 0 Å². The molecule has 0 radical (unpaired) electrons. The molecule has 0 saturated carbocycles. The van der Waals surface area contributed by atoms with Crippen LogP contribution in [0.3, 0.4) is 0 Å². The van der Waals surface area contributed by atoms with Gasteiger partial charge in [0, 0.05) is 34.6 Å². The van der Waals surface area contributed by atoms with E-state index >= 15 is 0 Å². The van der Waals surface area contributed by atoms with E-state index in [0.29, 0.717) is 16.7 Å². The zero-order valence-corrected chi connectivity index (χ0v) is 20.2. The summed E-state index contributed by atoms with van der Waals surface area (Å²) in [6, 6.07) is 32.7. The van der Waals surface area contributed by atoms with Crippen LogP contribution in [0.25, 0.3) is 33.0 Å². The number of rotatable bonds is 6. The number of hydrogen-bond donors (Lipinski definition) is 1. The van der Waals surface area contributed by atoms with Gasteiger partial charge in [-0.25, -0.2) is 0 Å². The van der Waals surface area contributed by atoms with Gasteiger partial charge in [-0.05, 0) is 41.0 Å². The summed E-state index contributed by atoms with van der Waals surface area (Å²) in [5.74, 6) is 0.464. The Hall–Kier alpha value is -4.64. The Labute approximate surface area is 209 Å². The zero-order chi connectivity index (χ0) is 25.1. The van der Waals surface area contributed by atoms with Crippen LogP contribution in [0.2, 0.25) is 0 Å². The second kappa shape index (κ2) is 9.92. The van der Waals surface area contributed by atoms with Gasteiger partial charge in [0.05, 0.1) is 13.7 Å². The molecule has 0 atom stereocenters. The number of carbonyl (C=O) groups excluding carboxylic acids is 1. The number of amides is 1. The van der Waals surface area contributed by atoms with E-state index in [1.54, 1.807) is 30.9 Å². The van der Waals surface area contributed by atoms with Crippen molar-refractivity contribution in [3.8, 4) is 28.0 Å². The molecule has 5 rings (SSSR count). The average Bonchev–Trinajstić information content (AvgIpc) is 2.94. The van der Waals surface area contributed by atoms with Gasteiger partial charge in [-0.15, -0.1) is 0 Å². The van der Waals surface area contributed by atoms with E-state index in [0.717, 1.165) is 33.3 Å². The minimum Gasteiger partial charge on any atom is -0.497 e. The highest BCUT2D eigenvalue weighted by molar-refractivity contribution is 6.01. The van der Waals surface area contributed by atoms with Crippen molar-refractivity contribution in [1.29, 1.82) is 0 Å². The van der Waals surface area contributed by atoms with Gasteiger partial charge >= 0.3 is 0 Å². The fourth-order valence-electron chi connectivity index (χ4n) is 4.61. The number of pyridine rings is 1. The molecule has 178 valence electrons. The van der Waals surface area contributed by atoms with Crippen LogP contribution in [0.1, 0.15) is 16.1 Å². The minimum atomic E-state index is -0.202. The topological polar surface area (TPSA) is 60.3 Å². The van der Waals surface area contributed by atoms with Crippen molar-refractivity contribution in [1.82, 2.24) is 9.88 Å². The summed E-state index contributed by atoms with van der Waals surface area (Å²) >= 11 is 0. The summed E-state index contributed by atoms with van der Waals surface area (Å²) < 4.78 is 7.08. The van der Waals surface area contributed by atoms with Crippen molar-refractivity contribution in [2.75, 3.05) is 7.11 Å². The molecule has 0 aliphatic heterocycles. The number of benzene rings is 4. The monoisotopic (exact) mass is 474 g/mol. The lowest BCUT2D eigenvalue weighted by Gasteiger charge is -2.19. The molecule has 1 N–H and O–H groups in total. The first-order chi connectivity index (χ1) is 17.6.